The van der Waals surface area contributed by atoms with Crippen LogP contribution >= 0.6 is 23.2 Å². The number of hydrogen-bond acceptors (Lipinski definition) is 6. The average Bonchev–Trinajstić information content (AvgIpc) is 2.90. The van der Waals surface area contributed by atoms with E-state index in [2.05, 4.69) is 15.8 Å². The zero-order valence-corrected chi connectivity index (χ0v) is 22.0. The second kappa shape index (κ2) is 13.5. The van der Waals surface area contributed by atoms with Crippen LogP contribution < -0.4 is 25.0 Å². The summed E-state index contributed by atoms with van der Waals surface area (Å²) >= 11 is 12.1. The van der Waals surface area contributed by atoms with Gasteiger partial charge in [-0.15, -0.1) is 0 Å². The number of rotatable bonds is 11. The summed E-state index contributed by atoms with van der Waals surface area (Å²) in [4.78, 5) is 26.0. The quantitative estimate of drug-likeness (QED) is 0.271. The number of para-hydroxylation sites is 1. The number of nitrogens with one attached hydrogen (secondary N) is 2. The van der Waals surface area contributed by atoms with Gasteiger partial charge in [0.1, 0.15) is 11.8 Å². The number of amides is 2. The maximum absolute atomic E-state index is 13.1. The molecular formula is C27H27Cl2N3O5. The molecule has 3 aromatic carbocycles. The molecule has 2 atom stereocenters. The molecule has 0 unspecified atom stereocenters. The molecule has 0 aliphatic rings. The highest BCUT2D eigenvalue weighted by molar-refractivity contribution is 6.35. The van der Waals surface area contributed by atoms with Crippen LogP contribution in [0.25, 0.3) is 0 Å². The highest BCUT2D eigenvalue weighted by Crippen LogP contribution is 2.29. The van der Waals surface area contributed by atoms with Crippen molar-refractivity contribution in [3.8, 4) is 17.2 Å². The van der Waals surface area contributed by atoms with E-state index in [4.69, 9.17) is 37.4 Å². The van der Waals surface area contributed by atoms with Gasteiger partial charge in [-0.1, -0.05) is 59.6 Å². The molecule has 0 radical (unpaired) electrons. The molecule has 0 bridgehead atoms. The molecule has 3 aromatic rings. The van der Waals surface area contributed by atoms with E-state index in [1.807, 2.05) is 30.3 Å². The molecule has 194 valence electrons. The van der Waals surface area contributed by atoms with Crippen molar-refractivity contribution in [1.29, 1.82) is 0 Å². The Balaban J connectivity index is 1.72. The zero-order chi connectivity index (χ0) is 26.8. The van der Waals surface area contributed by atoms with Crippen LogP contribution in [0, 0.1) is 0 Å². The summed E-state index contributed by atoms with van der Waals surface area (Å²) in [5.41, 5.74) is 3.95. The third-order valence-corrected chi connectivity index (χ3v) is 5.82. The largest absolute Gasteiger partial charge is 0.493 e. The van der Waals surface area contributed by atoms with Crippen LogP contribution in [0.2, 0.25) is 10.0 Å². The Morgan fingerprint density at radius 1 is 0.946 bits per heavy atom. The highest BCUT2D eigenvalue weighted by Gasteiger charge is 2.25. The zero-order valence-electron chi connectivity index (χ0n) is 20.5. The SMILES string of the molecule is COc1cccc(/C=N\NC(=O)[C@@H](Cc2ccccc2)NC(=O)[C@@H](C)Oc2ccc(Cl)cc2Cl)c1OC. The number of halogens is 2. The first kappa shape index (κ1) is 27.8. The lowest BCUT2D eigenvalue weighted by molar-refractivity contribution is -0.132. The predicted molar refractivity (Wildman–Crippen MR) is 144 cm³/mol. The molecule has 0 heterocycles. The Morgan fingerprint density at radius 3 is 2.38 bits per heavy atom. The molecule has 37 heavy (non-hydrogen) atoms. The van der Waals surface area contributed by atoms with Crippen molar-refractivity contribution in [2.24, 2.45) is 5.10 Å². The molecule has 2 amide bonds. The van der Waals surface area contributed by atoms with Crippen LogP contribution in [0.1, 0.15) is 18.1 Å². The number of carbonyl (C=O) groups excluding carboxylic acids is 2. The second-order valence-corrected chi connectivity index (χ2v) is 8.75. The van der Waals surface area contributed by atoms with E-state index in [-0.39, 0.29) is 11.4 Å². The van der Waals surface area contributed by atoms with Crippen molar-refractivity contribution < 1.29 is 23.8 Å². The number of nitrogens with zero attached hydrogens (tertiary/aromatic N) is 1. The van der Waals surface area contributed by atoms with Crippen LogP contribution in [-0.4, -0.2) is 44.4 Å². The minimum absolute atomic E-state index is 0.241. The van der Waals surface area contributed by atoms with E-state index in [0.29, 0.717) is 27.8 Å². The van der Waals surface area contributed by atoms with Gasteiger partial charge < -0.3 is 19.5 Å². The van der Waals surface area contributed by atoms with Crippen LogP contribution in [0.3, 0.4) is 0 Å². The standard InChI is InChI=1S/C27H27Cl2N3O5/c1-17(37-23-13-12-20(28)15-21(23)29)26(33)31-22(14-18-8-5-4-6-9-18)27(34)32-30-16-19-10-7-11-24(35-2)25(19)36-3/h4-13,15-17,22H,14H2,1-3H3,(H,31,33)(H,32,34)/b30-16-/t17-,22-/m1/s1. The molecule has 0 fully saturated rings. The fraction of sp³-hybridized carbons (Fsp3) is 0.222. The molecule has 2 N–H and O–H groups in total. The molecule has 0 aromatic heterocycles. The van der Waals surface area contributed by atoms with Gasteiger partial charge in [0.25, 0.3) is 11.8 Å². The summed E-state index contributed by atoms with van der Waals surface area (Å²) in [7, 11) is 3.04. The fourth-order valence-electron chi connectivity index (χ4n) is 3.42. The molecule has 0 saturated heterocycles. The summed E-state index contributed by atoms with van der Waals surface area (Å²) in [6, 6.07) is 18.4. The van der Waals surface area contributed by atoms with E-state index < -0.39 is 24.0 Å². The number of ether oxygens (including phenoxy) is 3. The van der Waals surface area contributed by atoms with Crippen molar-refractivity contribution in [3.05, 3.63) is 87.9 Å². The van der Waals surface area contributed by atoms with E-state index >= 15 is 0 Å². The Hall–Kier alpha value is -3.75. The van der Waals surface area contributed by atoms with Crippen molar-refractivity contribution in [2.75, 3.05) is 14.2 Å². The van der Waals surface area contributed by atoms with Gasteiger partial charge >= 0.3 is 0 Å². The highest BCUT2D eigenvalue weighted by atomic mass is 35.5. The lowest BCUT2D eigenvalue weighted by Gasteiger charge is -2.21. The topological polar surface area (TPSA) is 98.2 Å². The van der Waals surface area contributed by atoms with Crippen LogP contribution in [0.15, 0.2) is 71.8 Å². The van der Waals surface area contributed by atoms with Crippen molar-refractivity contribution in [3.63, 3.8) is 0 Å². The minimum atomic E-state index is -0.936. The van der Waals surface area contributed by atoms with E-state index in [9.17, 15) is 9.59 Å². The molecule has 0 aliphatic heterocycles. The summed E-state index contributed by atoms with van der Waals surface area (Å²) in [6.45, 7) is 1.56. The summed E-state index contributed by atoms with van der Waals surface area (Å²) < 4.78 is 16.3. The molecule has 8 nitrogen and oxygen atoms in total. The molecular weight excluding hydrogens is 517 g/mol. The lowest BCUT2D eigenvalue weighted by atomic mass is 10.1. The third kappa shape index (κ3) is 7.87. The number of hydrogen-bond donors (Lipinski definition) is 2. The summed E-state index contributed by atoms with van der Waals surface area (Å²) in [6.07, 6.45) is 0.744. The summed E-state index contributed by atoms with van der Waals surface area (Å²) in [5.74, 6) is 0.299. The van der Waals surface area contributed by atoms with Crippen LogP contribution in [0.5, 0.6) is 17.2 Å². The maximum Gasteiger partial charge on any atom is 0.262 e. The van der Waals surface area contributed by atoms with Gasteiger partial charge in [-0.25, -0.2) is 5.43 Å². The Bertz CT molecular complexity index is 1250. The summed E-state index contributed by atoms with van der Waals surface area (Å²) in [5, 5.41) is 7.51. The number of hydrazone groups is 1. The predicted octanol–water partition coefficient (Wildman–Crippen LogP) is 4.66. The number of methoxy groups -OCH3 is 2. The Kier molecular flexibility index (Phi) is 10.2. The van der Waals surface area contributed by atoms with Crippen LogP contribution in [0.4, 0.5) is 0 Å². The second-order valence-electron chi connectivity index (χ2n) is 7.90. The molecule has 3 rings (SSSR count). The van der Waals surface area contributed by atoms with Gasteiger partial charge in [-0.2, -0.15) is 5.10 Å². The van der Waals surface area contributed by atoms with Gasteiger partial charge in [-0.3, -0.25) is 9.59 Å². The van der Waals surface area contributed by atoms with Gasteiger partial charge in [0.05, 0.1) is 25.5 Å². The smallest absolute Gasteiger partial charge is 0.262 e. The Morgan fingerprint density at radius 2 is 1.70 bits per heavy atom. The van der Waals surface area contributed by atoms with Gasteiger partial charge in [0, 0.05) is 17.0 Å². The van der Waals surface area contributed by atoms with E-state index in [0.717, 1.165) is 5.56 Å². The van der Waals surface area contributed by atoms with Crippen LogP contribution in [-0.2, 0) is 16.0 Å². The van der Waals surface area contributed by atoms with Crippen molar-refractivity contribution in [1.82, 2.24) is 10.7 Å². The monoisotopic (exact) mass is 543 g/mol. The van der Waals surface area contributed by atoms with Gasteiger partial charge in [-0.05, 0) is 42.8 Å². The average molecular weight is 544 g/mol. The fourth-order valence-corrected chi connectivity index (χ4v) is 3.87. The van der Waals surface area contributed by atoms with E-state index in [1.54, 1.807) is 37.3 Å². The van der Waals surface area contributed by atoms with Gasteiger partial charge in [0.2, 0.25) is 0 Å². The van der Waals surface area contributed by atoms with Crippen molar-refractivity contribution >= 4 is 41.2 Å². The number of benzene rings is 3. The maximum atomic E-state index is 13.1. The Labute approximate surface area is 225 Å². The van der Waals surface area contributed by atoms with Gasteiger partial charge in [0.15, 0.2) is 17.6 Å². The minimum Gasteiger partial charge on any atom is -0.493 e. The first-order valence-corrected chi connectivity index (χ1v) is 12.1. The lowest BCUT2D eigenvalue weighted by Crippen LogP contribution is -2.50. The molecule has 10 heteroatoms. The normalized spacial score (nSPS) is 12.5. The number of carbonyl (C=O) groups is 2. The molecule has 0 aliphatic carbocycles. The first-order chi connectivity index (χ1) is 17.8. The van der Waals surface area contributed by atoms with Crippen molar-refractivity contribution in [2.45, 2.75) is 25.5 Å². The van der Waals surface area contributed by atoms with E-state index in [1.165, 1.54) is 26.5 Å². The third-order valence-electron chi connectivity index (χ3n) is 5.29. The molecule has 0 saturated carbocycles. The first-order valence-electron chi connectivity index (χ1n) is 11.3. The molecule has 0 spiro atoms.